The fourth-order valence-electron chi connectivity index (χ4n) is 2.00. The Morgan fingerprint density at radius 2 is 2.05 bits per heavy atom. The van der Waals surface area contributed by atoms with E-state index in [1.54, 1.807) is 30.5 Å². The molecule has 0 fully saturated rings. The van der Waals surface area contributed by atoms with E-state index >= 15 is 0 Å². The van der Waals surface area contributed by atoms with Gasteiger partial charge in [0, 0.05) is 24.4 Å². The quantitative estimate of drug-likeness (QED) is 0.874. The highest BCUT2D eigenvalue weighted by Crippen LogP contribution is 2.23. The molecule has 1 aromatic heterocycles. The van der Waals surface area contributed by atoms with E-state index in [-0.39, 0.29) is 5.82 Å². The second-order valence-electron chi connectivity index (χ2n) is 4.62. The Balaban J connectivity index is 1.91. The number of rotatable bonds is 2. The second kappa shape index (κ2) is 4.90. The van der Waals surface area contributed by atoms with Crippen molar-refractivity contribution in [3.63, 3.8) is 0 Å². The molecule has 102 valence electrons. The van der Waals surface area contributed by atoms with Gasteiger partial charge in [0.15, 0.2) is 5.84 Å². The fourth-order valence-corrected chi connectivity index (χ4v) is 2.00. The summed E-state index contributed by atoms with van der Waals surface area (Å²) in [6.45, 7) is 1.86. The van der Waals surface area contributed by atoms with E-state index in [0.717, 1.165) is 11.1 Å². The van der Waals surface area contributed by atoms with Gasteiger partial charge >= 0.3 is 0 Å². The van der Waals surface area contributed by atoms with E-state index < -0.39 is 0 Å². The first-order valence-corrected chi connectivity index (χ1v) is 6.20. The number of pyridine rings is 1. The van der Waals surface area contributed by atoms with Crippen molar-refractivity contribution >= 4 is 5.84 Å². The van der Waals surface area contributed by atoms with Crippen molar-refractivity contribution in [2.45, 2.75) is 6.92 Å². The number of halogens is 1. The summed E-state index contributed by atoms with van der Waals surface area (Å²) in [5.74, 6) is 0.390. The Hall–Kier alpha value is -2.47. The molecule has 1 aliphatic heterocycles. The van der Waals surface area contributed by atoms with Crippen LogP contribution in [0.25, 0.3) is 11.1 Å². The van der Waals surface area contributed by atoms with Gasteiger partial charge in [-0.1, -0.05) is 18.2 Å². The second-order valence-corrected chi connectivity index (χ2v) is 4.62. The number of hydrazone groups is 1. The van der Waals surface area contributed by atoms with E-state index in [4.69, 9.17) is 0 Å². The van der Waals surface area contributed by atoms with E-state index in [2.05, 4.69) is 21.0 Å². The summed E-state index contributed by atoms with van der Waals surface area (Å²) in [6.07, 6.45) is 1.64. The lowest BCUT2D eigenvalue weighted by Gasteiger charge is -2.05. The summed E-state index contributed by atoms with van der Waals surface area (Å²) < 4.78 is 13.9. The Morgan fingerprint density at radius 3 is 2.65 bits per heavy atom. The summed E-state index contributed by atoms with van der Waals surface area (Å²) in [5.41, 5.74) is 8.58. The number of nitrogens with one attached hydrogen (secondary N) is 2. The third-order valence-corrected chi connectivity index (χ3v) is 3.03. The zero-order chi connectivity index (χ0) is 14.1. The van der Waals surface area contributed by atoms with Crippen LogP contribution in [0.2, 0.25) is 0 Å². The van der Waals surface area contributed by atoms with Gasteiger partial charge < -0.3 is 0 Å². The molecule has 20 heavy (non-hydrogen) atoms. The molecule has 0 unspecified atom stereocenters. The summed E-state index contributed by atoms with van der Waals surface area (Å²) in [5, 5.41) is 5.73. The van der Waals surface area contributed by atoms with Gasteiger partial charge in [-0.05, 0) is 24.6 Å². The molecule has 6 heteroatoms. The molecular formula is C14H14FN5. The Morgan fingerprint density at radius 1 is 1.20 bits per heavy atom. The highest BCUT2D eigenvalue weighted by molar-refractivity contribution is 5.97. The maximum absolute atomic E-state index is 13.9. The predicted octanol–water partition coefficient (Wildman–Crippen LogP) is 1.81. The van der Waals surface area contributed by atoms with Crippen molar-refractivity contribution in [1.29, 1.82) is 0 Å². The minimum Gasteiger partial charge on any atom is -0.283 e. The molecule has 0 saturated carbocycles. The molecule has 0 amide bonds. The molecule has 0 radical (unpaired) electrons. The van der Waals surface area contributed by atoms with Crippen LogP contribution in [0.3, 0.4) is 0 Å². The monoisotopic (exact) mass is 271 g/mol. The summed E-state index contributed by atoms with van der Waals surface area (Å²) >= 11 is 0. The fraction of sp³-hybridized carbons (Fsp3) is 0.143. The smallest absolute Gasteiger partial charge is 0.189 e. The molecule has 2 aromatic rings. The average molecular weight is 271 g/mol. The van der Waals surface area contributed by atoms with Crippen molar-refractivity contribution < 1.29 is 4.39 Å². The van der Waals surface area contributed by atoms with Crippen LogP contribution in [-0.2, 0) is 0 Å². The van der Waals surface area contributed by atoms with Gasteiger partial charge in [0.25, 0.3) is 0 Å². The normalized spacial score (nSPS) is 14.2. The molecule has 1 aromatic carbocycles. The maximum Gasteiger partial charge on any atom is 0.189 e. The number of hydrogen-bond acceptors (Lipinski definition) is 5. The molecule has 0 saturated heterocycles. The standard InChI is InChI=1S/C14H14FN5/c1-9-3-5-11(12(15)7-9)10-4-6-13(16-8-10)14-17-19-20(2)18-14/h3-8,19H,1-2H3,(H,17,18). The first-order chi connectivity index (χ1) is 9.63. The predicted molar refractivity (Wildman–Crippen MR) is 74.9 cm³/mol. The van der Waals surface area contributed by atoms with Crippen LogP contribution in [0.15, 0.2) is 41.6 Å². The van der Waals surface area contributed by atoms with Gasteiger partial charge in [-0.2, -0.15) is 0 Å². The van der Waals surface area contributed by atoms with Crippen LogP contribution in [0.1, 0.15) is 11.3 Å². The molecule has 0 atom stereocenters. The van der Waals surface area contributed by atoms with Crippen molar-refractivity contribution in [3.05, 3.63) is 53.6 Å². The molecule has 0 spiro atoms. The third-order valence-electron chi connectivity index (χ3n) is 3.03. The first-order valence-electron chi connectivity index (χ1n) is 6.20. The largest absolute Gasteiger partial charge is 0.283 e. The minimum atomic E-state index is -0.239. The number of benzene rings is 1. The number of amidine groups is 1. The van der Waals surface area contributed by atoms with Crippen molar-refractivity contribution in [2.24, 2.45) is 5.10 Å². The molecular weight excluding hydrogens is 257 g/mol. The first kappa shape index (κ1) is 12.6. The van der Waals surface area contributed by atoms with Gasteiger partial charge in [-0.3, -0.25) is 10.4 Å². The van der Waals surface area contributed by atoms with Gasteiger partial charge in [-0.15, -0.1) is 10.6 Å². The van der Waals surface area contributed by atoms with Crippen molar-refractivity contribution in [3.8, 4) is 11.1 Å². The lowest BCUT2D eigenvalue weighted by atomic mass is 10.0. The lowest BCUT2D eigenvalue weighted by molar-refractivity contribution is 0.259. The Bertz CT molecular complexity index is 666. The SMILES string of the molecule is Cc1ccc(-c2ccc(C3=NN(C)NN3)nc2)c(F)c1. The zero-order valence-corrected chi connectivity index (χ0v) is 11.2. The van der Waals surface area contributed by atoms with Gasteiger partial charge in [0.05, 0.1) is 0 Å². The van der Waals surface area contributed by atoms with Crippen LogP contribution in [0, 0.1) is 12.7 Å². The van der Waals surface area contributed by atoms with Crippen LogP contribution in [-0.4, -0.2) is 23.0 Å². The molecule has 2 heterocycles. The Kier molecular flexibility index (Phi) is 3.08. The summed E-state index contributed by atoms with van der Waals surface area (Å²) in [7, 11) is 1.77. The van der Waals surface area contributed by atoms with Crippen LogP contribution >= 0.6 is 0 Å². The number of hydrogen-bond donors (Lipinski definition) is 2. The average Bonchev–Trinajstić information content (AvgIpc) is 2.86. The lowest BCUT2D eigenvalue weighted by Crippen LogP contribution is -2.36. The van der Waals surface area contributed by atoms with E-state index in [1.807, 2.05) is 19.1 Å². The van der Waals surface area contributed by atoms with E-state index in [9.17, 15) is 4.39 Å². The molecule has 0 bridgehead atoms. The van der Waals surface area contributed by atoms with E-state index in [1.165, 1.54) is 6.07 Å². The van der Waals surface area contributed by atoms with Crippen LogP contribution in [0.4, 0.5) is 4.39 Å². The minimum absolute atomic E-state index is 0.239. The number of hydrazine groups is 2. The highest BCUT2D eigenvalue weighted by atomic mass is 19.1. The molecule has 0 aliphatic carbocycles. The van der Waals surface area contributed by atoms with Gasteiger partial charge in [0.1, 0.15) is 11.5 Å². The van der Waals surface area contributed by atoms with Crippen LogP contribution < -0.4 is 11.0 Å². The summed E-state index contributed by atoms with van der Waals surface area (Å²) in [6, 6.07) is 8.81. The van der Waals surface area contributed by atoms with Crippen molar-refractivity contribution in [1.82, 2.24) is 21.1 Å². The molecule has 2 N–H and O–H groups in total. The summed E-state index contributed by atoms with van der Waals surface area (Å²) in [4.78, 5) is 4.31. The topological polar surface area (TPSA) is 52.5 Å². The number of aryl methyl sites for hydroxylation is 1. The van der Waals surface area contributed by atoms with Crippen LogP contribution in [0.5, 0.6) is 0 Å². The Labute approximate surface area is 116 Å². The van der Waals surface area contributed by atoms with Gasteiger partial charge in [-0.25, -0.2) is 9.51 Å². The maximum atomic E-state index is 13.9. The number of nitrogens with zero attached hydrogens (tertiary/aromatic N) is 3. The zero-order valence-electron chi connectivity index (χ0n) is 11.2. The highest BCUT2D eigenvalue weighted by Gasteiger charge is 2.13. The third kappa shape index (κ3) is 2.33. The molecule has 3 rings (SSSR count). The van der Waals surface area contributed by atoms with E-state index in [0.29, 0.717) is 17.1 Å². The van der Waals surface area contributed by atoms with Crippen molar-refractivity contribution in [2.75, 3.05) is 7.05 Å². The number of aromatic nitrogens is 1. The van der Waals surface area contributed by atoms with Gasteiger partial charge in [0.2, 0.25) is 0 Å². The molecule has 5 nitrogen and oxygen atoms in total. The molecule has 1 aliphatic rings.